The predicted molar refractivity (Wildman–Crippen MR) is 89.5 cm³/mol. The first-order valence-electron chi connectivity index (χ1n) is 8.39. The molecule has 6 nitrogen and oxygen atoms in total. The third kappa shape index (κ3) is 2.68. The van der Waals surface area contributed by atoms with Gasteiger partial charge in [0.2, 0.25) is 11.8 Å². The Hall–Kier alpha value is -2.63. The molecule has 1 saturated heterocycles. The number of nitrogens with one attached hydrogen (secondary N) is 1. The summed E-state index contributed by atoms with van der Waals surface area (Å²) in [5.74, 6) is -0.410. The molecule has 0 bridgehead atoms. The van der Waals surface area contributed by atoms with Crippen LogP contribution in [0.3, 0.4) is 0 Å². The lowest BCUT2D eigenvalue weighted by molar-refractivity contribution is -0.135. The quantitative estimate of drug-likeness (QED) is 0.941. The van der Waals surface area contributed by atoms with Gasteiger partial charge in [0.05, 0.1) is 12.0 Å². The number of likely N-dealkylation sites (tertiary alicyclic amines) is 1. The zero-order chi connectivity index (χ0) is 16.5. The number of anilines is 1. The summed E-state index contributed by atoms with van der Waals surface area (Å²) in [5.41, 5.74) is 1.75. The summed E-state index contributed by atoms with van der Waals surface area (Å²) < 4.78 is 1.93. The van der Waals surface area contributed by atoms with Crippen LogP contribution in [0.25, 0.3) is 0 Å². The third-order valence-electron chi connectivity index (χ3n) is 4.94. The fraction of sp³-hybridized carbons (Fsp3) is 0.389. The van der Waals surface area contributed by atoms with E-state index in [0.29, 0.717) is 6.54 Å². The molecular formula is C18H20N4O2. The second kappa shape index (κ2) is 6.11. The maximum absolute atomic E-state index is 12.7. The summed E-state index contributed by atoms with van der Waals surface area (Å²) in [4.78, 5) is 26.8. The van der Waals surface area contributed by atoms with Gasteiger partial charge in [0.1, 0.15) is 0 Å². The monoisotopic (exact) mass is 324 g/mol. The van der Waals surface area contributed by atoms with Crippen molar-refractivity contribution in [2.24, 2.45) is 0 Å². The van der Waals surface area contributed by atoms with Crippen molar-refractivity contribution in [1.82, 2.24) is 14.7 Å². The van der Waals surface area contributed by atoms with Gasteiger partial charge in [-0.2, -0.15) is 5.10 Å². The molecule has 1 fully saturated rings. The van der Waals surface area contributed by atoms with E-state index in [9.17, 15) is 9.59 Å². The molecule has 1 aromatic carbocycles. The van der Waals surface area contributed by atoms with Gasteiger partial charge in [0, 0.05) is 37.6 Å². The number of rotatable bonds is 3. The molecule has 2 aromatic rings. The van der Waals surface area contributed by atoms with Gasteiger partial charge in [-0.25, -0.2) is 0 Å². The van der Waals surface area contributed by atoms with Gasteiger partial charge >= 0.3 is 0 Å². The average Bonchev–Trinajstić information content (AvgIpc) is 3.24. The van der Waals surface area contributed by atoms with Crippen LogP contribution in [0, 0.1) is 0 Å². The first kappa shape index (κ1) is 14.9. The van der Waals surface area contributed by atoms with E-state index in [0.717, 1.165) is 30.6 Å². The van der Waals surface area contributed by atoms with Gasteiger partial charge < -0.3 is 10.2 Å². The Kier molecular flexibility index (Phi) is 3.80. The minimum absolute atomic E-state index is 0.0451. The molecule has 4 rings (SSSR count). The van der Waals surface area contributed by atoms with Crippen LogP contribution < -0.4 is 5.32 Å². The van der Waals surface area contributed by atoms with Crippen molar-refractivity contribution in [2.75, 3.05) is 18.4 Å². The highest BCUT2D eigenvalue weighted by Crippen LogP contribution is 2.35. The lowest BCUT2D eigenvalue weighted by Gasteiger charge is -2.33. The molecule has 0 unspecified atom stereocenters. The molecule has 1 N–H and O–H groups in total. The highest BCUT2D eigenvalue weighted by atomic mass is 16.2. The van der Waals surface area contributed by atoms with Crippen LogP contribution in [0.5, 0.6) is 0 Å². The Labute approximate surface area is 140 Å². The maximum Gasteiger partial charge on any atom is 0.232 e. The first-order valence-corrected chi connectivity index (χ1v) is 8.39. The van der Waals surface area contributed by atoms with E-state index in [-0.39, 0.29) is 30.2 Å². The molecule has 3 heterocycles. The van der Waals surface area contributed by atoms with Crippen LogP contribution in [0.15, 0.2) is 42.7 Å². The van der Waals surface area contributed by atoms with E-state index in [1.165, 1.54) is 0 Å². The van der Waals surface area contributed by atoms with E-state index in [1.54, 1.807) is 6.20 Å². The summed E-state index contributed by atoms with van der Waals surface area (Å²) in [6, 6.07) is 9.73. The SMILES string of the molecule is O=C1Nc2ccccc2[C@@H]1CC(=O)N1CCC[C@@H](n2cccn2)C1. The minimum Gasteiger partial charge on any atom is -0.341 e. The number of fused-ring (bicyclic) bond motifs is 1. The summed E-state index contributed by atoms with van der Waals surface area (Å²) in [6.07, 6.45) is 5.93. The summed E-state index contributed by atoms with van der Waals surface area (Å²) in [5, 5.41) is 7.16. The van der Waals surface area contributed by atoms with Crippen LogP contribution >= 0.6 is 0 Å². The van der Waals surface area contributed by atoms with Gasteiger partial charge in [-0.1, -0.05) is 18.2 Å². The maximum atomic E-state index is 12.7. The highest BCUT2D eigenvalue weighted by molar-refractivity contribution is 6.04. The number of piperidine rings is 1. The van der Waals surface area contributed by atoms with Crippen molar-refractivity contribution in [3.8, 4) is 0 Å². The largest absolute Gasteiger partial charge is 0.341 e. The summed E-state index contributed by atoms with van der Waals surface area (Å²) in [7, 11) is 0. The number of carbonyl (C=O) groups excluding carboxylic acids is 2. The summed E-state index contributed by atoms with van der Waals surface area (Å²) >= 11 is 0. The Morgan fingerprint density at radius 3 is 3.00 bits per heavy atom. The Bertz CT molecular complexity index is 756. The van der Waals surface area contributed by atoms with Crippen LogP contribution in [0.1, 0.15) is 36.8 Å². The molecule has 0 radical (unpaired) electrons. The van der Waals surface area contributed by atoms with Crippen LogP contribution in [-0.4, -0.2) is 39.6 Å². The lowest BCUT2D eigenvalue weighted by Crippen LogP contribution is -2.41. The molecule has 6 heteroatoms. The van der Waals surface area contributed by atoms with Crippen LogP contribution in [0.4, 0.5) is 5.69 Å². The minimum atomic E-state index is -0.376. The molecule has 1 aromatic heterocycles. The molecule has 0 saturated carbocycles. The van der Waals surface area contributed by atoms with Gasteiger partial charge in [0.15, 0.2) is 0 Å². The van der Waals surface area contributed by atoms with Gasteiger partial charge in [-0.15, -0.1) is 0 Å². The second-order valence-electron chi connectivity index (χ2n) is 6.46. The Balaban J connectivity index is 1.45. The van der Waals surface area contributed by atoms with Crippen molar-refractivity contribution < 1.29 is 9.59 Å². The number of benzene rings is 1. The molecule has 2 atom stereocenters. The van der Waals surface area contributed by atoms with E-state index in [4.69, 9.17) is 0 Å². The van der Waals surface area contributed by atoms with E-state index in [2.05, 4.69) is 10.4 Å². The normalized spacial score (nSPS) is 23.0. The van der Waals surface area contributed by atoms with Crippen LogP contribution in [0.2, 0.25) is 0 Å². The standard InChI is InChI=1S/C18H20N4O2/c23-17(11-15-14-6-1-2-7-16(14)20-18(15)24)21-9-3-5-13(12-21)22-10-4-8-19-22/h1-2,4,6-8,10,13,15H,3,5,9,11-12H2,(H,20,24)/t13-,15+/m1/s1. The van der Waals surface area contributed by atoms with Gasteiger partial charge in [-0.05, 0) is 30.5 Å². The Morgan fingerprint density at radius 2 is 2.17 bits per heavy atom. The molecular weight excluding hydrogens is 304 g/mol. The van der Waals surface area contributed by atoms with Crippen molar-refractivity contribution in [3.63, 3.8) is 0 Å². The second-order valence-corrected chi connectivity index (χ2v) is 6.46. The predicted octanol–water partition coefficient (Wildman–Crippen LogP) is 2.17. The average molecular weight is 324 g/mol. The number of hydrogen-bond acceptors (Lipinski definition) is 3. The molecule has 2 amide bonds. The zero-order valence-electron chi connectivity index (χ0n) is 13.4. The fourth-order valence-corrected chi connectivity index (χ4v) is 3.68. The van der Waals surface area contributed by atoms with E-state index >= 15 is 0 Å². The third-order valence-corrected chi connectivity index (χ3v) is 4.94. The van der Waals surface area contributed by atoms with Gasteiger partial charge in [-0.3, -0.25) is 14.3 Å². The Morgan fingerprint density at radius 1 is 1.29 bits per heavy atom. The van der Waals surface area contributed by atoms with Crippen LogP contribution in [-0.2, 0) is 9.59 Å². The molecule has 0 aliphatic carbocycles. The smallest absolute Gasteiger partial charge is 0.232 e. The highest BCUT2D eigenvalue weighted by Gasteiger charge is 2.34. The molecule has 2 aliphatic heterocycles. The number of para-hydroxylation sites is 1. The van der Waals surface area contributed by atoms with Crippen molar-refractivity contribution in [3.05, 3.63) is 48.3 Å². The van der Waals surface area contributed by atoms with Gasteiger partial charge in [0.25, 0.3) is 0 Å². The zero-order valence-corrected chi connectivity index (χ0v) is 13.4. The van der Waals surface area contributed by atoms with Crippen molar-refractivity contribution >= 4 is 17.5 Å². The topological polar surface area (TPSA) is 67.2 Å². The molecule has 124 valence electrons. The van der Waals surface area contributed by atoms with Crippen molar-refractivity contribution in [2.45, 2.75) is 31.2 Å². The number of carbonyl (C=O) groups is 2. The molecule has 2 aliphatic rings. The van der Waals surface area contributed by atoms with E-state index in [1.807, 2.05) is 46.1 Å². The number of nitrogens with zero attached hydrogens (tertiary/aromatic N) is 3. The first-order chi connectivity index (χ1) is 11.7. The summed E-state index contributed by atoms with van der Waals surface area (Å²) in [6.45, 7) is 1.42. The molecule has 24 heavy (non-hydrogen) atoms. The molecule has 0 spiro atoms. The van der Waals surface area contributed by atoms with Crippen molar-refractivity contribution in [1.29, 1.82) is 0 Å². The number of aromatic nitrogens is 2. The fourth-order valence-electron chi connectivity index (χ4n) is 3.68. The lowest BCUT2D eigenvalue weighted by atomic mass is 9.96. The van der Waals surface area contributed by atoms with E-state index < -0.39 is 0 Å². The number of hydrogen-bond donors (Lipinski definition) is 1. The number of amides is 2.